The Morgan fingerprint density at radius 3 is 2.05 bits per heavy atom. The first-order chi connectivity index (χ1) is 8.41. The predicted octanol–water partition coefficient (Wildman–Crippen LogP) is 3.34. The monoisotopic (exact) mass is 296 g/mol. The van der Waals surface area contributed by atoms with Crippen molar-refractivity contribution in [3.05, 3.63) is 0 Å². The Bertz CT molecular complexity index is 356. The maximum atomic E-state index is 12.8. The molecule has 0 aromatic carbocycles. The number of carbonyl (C=O) groups excluding carboxylic acids is 1. The van der Waals surface area contributed by atoms with Crippen molar-refractivity contribution in [2.24, 2.45) is 0 Å². The molecule has 0 aliphatic rings. The first-order valence-corrected chi connectivity index (χ1v) is 4.53. The molecule has 0 rings (SSSR count). The van der Waals surface area contributed by atoms with E-state index in [0.29, 0.717) is 0 Å². The van der Waals surface area contributed by atoms with Crippen LogP contribution < -0.4 is 0 Å². The average Bonchev–Trinajstić information content (AvgIpc) is 2.13. The molecule has 0 spiro atoms. The van der Waals surface area contributed by atoms with E-state index in [0.717, 1.165) is 0 Å². The van der Waals surface area contributed by atoms with E-state index in [2.05, 4.69) is 15.9 Å². The fourth-order valence-electron chi connectivity index (χ4n) is 0.875. The summed E-state index contributed by atoms with van der Waals surface area (Å²) in [6.07, 6.45) is -6.08. The minimum Gasteiger partial charge on any atom is -0.433 e. The highest BCUT2D eigenvalue weighted by Gasteiger charge is 2.61. The second-order valence-electron chi connectivity index (χ2n) is 3.30. The molecule has 0 aliphatic heterocycles. The van der Waals surface area contributed by atoms with E-state index >= 15 is 0 Å². The molecule has 19 heavy (non-hydrogen) atoms. The molecule has 0 saturated heterocycles. The van der Waals surface area contributed by atoms with E-state index in [-0.39, 0.29) is 0 Å². The van der Waals surface area contributed by atoms with Crippen LogP contribution in [0.1, 0.15) is 12.8 Å². The number of hydrogen-bond acceptors (Lipinski definition) is 3. The minimum atomic E-state index is -6.08. The lowest BCUT2D eigenvalue weighted by Gasteiger charge is -2.24. The van der Waals surface area contributed by atoms with Crippen LogP contribution in [0.25, 0.3) is 0 Å². The van der Waals surface area contributed by atoms with Gasteiger partial charge in [-0.1, -0.05) is 6.42 Å². The summed E-state index contributed by atoms with van der Waals surface area (Å²) in [7, 11) is 0. The van der Waals surface area contributed by atoms with Crippen LogP contribution in [0.4, 0.5) is 35.5 Å². The number of hydrogen-bond donors (Lipinski definition) is 0. The topological polar surface area (TPSA) is 35.5 Å². The lowest BCUT2D eigenvalue weighted by molar-refractivity contribution is -0.301. The van der Waals surface area contributed by atoms with Gasteiger partial charge in [-0.25, -0.2) is 13.6 Å². The molecule has 0 fully saturated rings. The smallest absolute Gasteiger partial charge is 0.433 e. The number of ether oxygens (including phenoxy) is 2. The fraction of sp³-hybridized carbons (Fsp3) is 0.667. The maximum Gasteiger partial charge on any atom is 0.522 e. The molecular weight excluding hydrogens is 289 g/mol. The zero-order valence-electron chi connectivity index (χ0n) is 9.07. The predicted molar refractivity (Wildman–Crippen MR) is 46.4 cm³/mol. The number of carbonyl (C=O) groups is 1. The normalized spacial score (nSPS) is 12.7. The van der Waals surface area contributed by atoms with Gasteiger partial charge in [0.15, 0.2) is 0 Å². The molecule has 0 unspecified atom stereocenters. The molecule has 0 amide bonds. The van der Waals surface area contributed by atoms with Crippen molar-refractivity contribution in [1.82, 2.24) is 0 Å². The van der Waals surface area contributed by atoms with Gasteiger partial charge in [0, 0.05) is 6.42 Å². The van der Waals surface area contributed by atoms with Gasteiger partial charge in [0.05, 0.1) is 6.42 Å². The summed E-state index contributed by atoms with van der Waals surface area (Å²) in [5, 5.41) is 0. The summed E-state index contributed by atoms with van der Waals surface area (Å²) in [6, 6.07) is 0. The quantitative estimate of drug-likeness (QED) is 0.443. The highest BCUT2D eigenvalue weighted by Crippen LogP contribution is 2.43. The molecule has 110 valence electrons. The van der Waals surface area contributed by atoms with E-state index in [1.54, 1.807) is 0 Å². The van der Waals surface area contributed by atoms with E-state index in [1.807, 2.05) is 0 Å². The van der Waals surface area contributed by atoms with E-state index in [1.165, 1.54) is 6.11 Å². The molecule has 0 saturated carbocycles. The number of halogens is 7. The fourth-order valence-corrected chi connectivity index (χ4v) is 0.875. The standard InChI is InChI=1S/C9H7F7O3/c1-2-18-6(17)19-4-3-7(10,11)5-8(12,13)9(14,15)16/h1H,3-5H2. The van der Waals surface area contributed by atoms with Gasteiger partial charge in [-0.05, 0) is 0 Å². The first-order valence-electron chi connectivity index (χ1n) is 4.53. The van der Waals surface area contributed by atoms with Crippen LogP contribution in [-0.4, -0.2) is 30.8 Å². The molecular formula is C9H7F7O3. The minimum absolute atomic E-state index is 1.12. The lowest BCUT2D eigenvalue weighted by Crippen LogP contribution is -2.42. The van der Waals surface area contributed by atoms with Crippen molar-refractivity contribution in [1.29, 1.82) is 0 Å². The van der Waals surface area contributed by atoms with Crippen LogP contribution in [0.5, 0.6) is 0 Å². The summed E-state index contributed by atoms with van der Waals surface area (Å²) in [6.45, 7) is -1.12. The molecule has 0 N–H and O–H groups in total. The van der Waals surface area contributed by atoms with Crippen LogP contribution >= 0.6 is 0 Å². The van der Waals surface area contributed by atoms with Gasteiger partial charge >= 0.3 is 18.3 Å². The SMILES string of the molecule is C#COC(=O)OCCC(F)(F)CC(F)(F)C(F)(F)F. The zero-order valence-corrected chi connectivity index (χ0v) is 9.07. The number of rotatable bonds is 5. The summed E-state index contributed by atoms with van der Waals surface area (Å²) >= 11 is 0. The summed E-state index contributed by atoms with van der Waals surface area (Å²) in [4.78, 5) is 10.4. The Morgan fingerprint density at radius 1 is 1.11 bits per heavy atom. The lowest BCUT2D eigenvalue weighted by atomic mass is 10.1. The third-order valence-corrected chi connectivity index (χ3v) is 1.73. The Morgan fingerprint density at radius 2 is 1.63 bits per heavy atom. The van der Waals surface area contributed by atoms with Crippen LogP contribution in [-0.2, 0) is 9.47 Å². The van der Waals surface area contributed by atoms with Gasteiger partial charge in [-0.3, -0.25) is 0 Å². The second kappa shape index (κ2) is 5.99. The van der Waals surface area contributed by atoms with E-state index < -0.39 is 43.6 Å². The Kier molecular flexibility index (Phi) is 5.46. The van der Waals surface area contributed by atoms with Crippen molar-refractivity contribution >= 4 is 6.16 Å². The molecule has 0 aromatic rings. The van der Waals surface area contributed by atoms with Crippen molar-refractivity contribution < 1.29 is 45.0 Å². The van der Waals surface area contributed by atoms with Gasteiger partial charge in [0.2, 0.25) is 0 Å². The van der Waals surface area contributed by atoms with Gasteiger partial charge in [-0.2, -0.15) is 22.0 Å². The Labute approximate surface area is 102 Å². The van der Waals surface area contributed by atoms with E-state index in [9.17, 15) is 35.5 Å². The van der Waals surface area contributed by atoms with Crippen LogP contribution in [0, 0.1) is 12.5 Å². The van der Waals surface area contributed by atoms with E-state index in [4.69, 9.17) is 0 Å². The molecule has 0 bridgehead atoms. The highest BCUT2D eigenvalue weighted by molar-refractivity contribution is 5.61. The first kappa shape index (κ1) is 17.3. The Balaban J connectivity index is 4.34. The second-order valence-corrected chi connectivity index (χ2v) is 3.30. The van der Waals surface area contributed by atoms with Crippen molar-refractivity contribution in [2.75, 3.05) is 6.61 Å². The van der Waals surface area contributed by atoms with Crippen LogP contribution in [0.2, 0.25) is 0 Å². The molecule has 0 aliphatic carbocycles. The van der Waals surface area contributed by atoms with Crippen LogP contribution in [0.15, 0.2) is 0 Å². The van der Waals surface area contributed by atoms with Gasteiger partial charge < -0.3 is 9.47 Å². The molecule has 3 nitrogen and oxygen atoms in total. The number of terminal acetylenes is 1. The average molecular weight is 296 g/mol. The third kappa shape index (κ3) is 6.17. The summed E-state index contributed by atoms with van der Waals surface area (Å²) in [5.74, 6) is -9.93. The van der Waals surface area contributed by atoms with Crippen molar-refractivity contribution in [2.45, 2.75) is 30.9 Å². The molecule has 0 atom stereocenters. The van der Waals surface area contributed by atoms with Crippen molar-refractivity contribution in [3.63, 3.8) is 0 Å². The Hall–Kier alpha value is -1.66. The molecule has 0 heterocycles. The molecule has 10 heteroatoms. The third-order valence-electron chi connectivity index (χ3n) is 1.73. The summed E-state index contributed by atoms with van der Waals surface area (Å²) < 4.78 is 93.1. The van der Waals surface area contributed by atoms with Gasteiger partial charge in [0.25, 0.3) is 5.92 Å². The zero-order chi connectivity index (χ0) is 15.3. The van der Waals surface area contributed by atoms with Gasteiger partial charge in [0.1, 0.15) is 12.7 Å². The highest BCUT2D eigenvalue weighted by atomic mass is 19.4. The molecule has 0 aromatic heterocycles. The van der Waals surface area contributed by atoms with Crippen LogP contribution in [0.3, 0.4) is 0 Å². The van der Waals surface area contributed by atoms with Gasteiger partial charge in [-0.15, -0.1) is 0 Å². The summed E-state index contributed by atoms with van der Waals surface area (Å²) in [5.41, 5.74) is 0. The largest absolute Gasteiger partial charge is 0.522 e. The number of alkyl halides is 7. The maximum absolute atomic E-state index is 12.8. The van der Waals surface area contributed by atoms with Crippen molar-refractivity contribution in [3.8, 4) is 12.5 Å². The molecule has 0 radical (unpaired) electrons.